The summed E-state index contributed by atoms with van der Waals surface area (Å²) < 4.78 is 1.61. The molecular weight excluding hydrogens is 416 g/mol. The van der Waals surface area contributed by atoms with E-state index in [9.17, 15) is 14.9 Å². The molecule has 1 N–H and O–H groups in total. The zero-order chi connectivity index (χ0) is 22.1. The van der Waals surface area contributed by atoms with Crippen LogP contribution < -0.4 is 10.9 Å². The Morgan fingerprint density at radius 3 is 2.77 bits per heavy atom. The summed E-state index contributed by atoms with van der Waals surface area (Å²) in [7, 11) is 0. The van der Waals surface area contributed by atoms with Gasteiger partial charge in [-0.15, -0.1) is 17.9 Å². The van der Waals surface area contributed by atoms with Crippen molar-refractivity contribution in [2.24, 2.45) is 5.92 Å². The van der Waals surface area contributed by atoms with Gasteiger partial charge in [0.05, 0.1) is 16.7 Å². The zero-order valence-corrected chi connectivity index (χ0v) is 19.6. The molecule has 0 saturated heterocycles. The minimum atomic E-state index is -0.948. The average Bonchev–Trinajstić information content (AvgIpc) is 3.08. The molecule has 2 unspecified atom stereocenters. The second-order valence-corrected chi connectivity index (χ2v) is 10.6. The first kappa shape index (κ1) is 22.6. The number of amides is 1. The number of aryl methyl sites for hydroxylation is 2. The maximum Gasteiger partial charge on any atom is 0.263 e. The molecule has 8 heteroatoms. The summed E-state index contributed by atoms with van der Waals surface area (Å²) in [6.07, 6.45) is 5.84. The van der Waals surface area contributed by atoms with E-state index in [2.05, 4.69) is 18.0 Å². The molecule has 0 spiro atoms. The predicted molar refractivity (Wildman–Crippen MR) is 123 cm³/mol. The number of nitrogens with one attached hydrogen (secondary N) is 1. The van der Waals surface area contributed by atoms with Crippen molar-refractivity contribution >= 4 is 39.2 Å². The largest absolute Gasteiger partial charge is 0.337 e. The van der Waals surface area contributed by atoms with Crippen molar-refractivity contribution in [2.75, 3.05) is 0 Å². The number of nitriles is 1. The van der Waals surface area contributed by atoms with E-state index in [1.165, 1.54) is 16.6 Å². The second kappa shape index (κ2) is 8.94. The van der Waals surface area contributed by atoms with Crippen LogP contribution in [-0.4, -0.2) is 26.2 Å². The third-order valence-corrected chi connectivity index (χ3v) is 8.05. The number of carbonyl (C=O) groups is 1. The number of thiophene rings is 1. The van der Waals surface area contributed by atoms with Gasteiger partial charge in [0.15, 0.2) is 5.16 Å². The van der Waals surface area contributed by atoms with Crippen LogP contribution in [0.4, 0.5) is 0 Å². The number of carbonyl (C=O) groups excluding carboxylic acids is 1. The van der Waals surface area contributed by atoms with Gasteiger partial charge in [0.1, 0.15) is 10.4 Å². The van der Waals surface area contributed by atoms with Crippen molar-refractivity contribution in [3.63, 3.8) is 0 Å². The smallest absolute Gasteiger partial charge is 0.263 e. The fraction of sp³-hybridized carbons (Fsp3) is 0.545. The fourth-order valence-corrected chi connectivity index (χ4v) is 5.69. The molecule has 2 atom stereocenters. The van der Waals surface area contributed by atoms with Gasteiger partial charge in [0.2, 0.25) is 5.91 Å². The van der Waals surface area contributed by atoms with Gasteiger partial charge in [0, 0.05) is 11.4 Å². The molecule has 3 rings (SSSR count). The molecule has 160 valence electrons. The van der Waals surface area contributed by atoms with Gasteiger partial charge in [-0.05, 0) is 51.0 Å². The number of nitrogens with zero attached hydrogens (tertiary/aromatic N) is 3. The normalized spacial score (nSPS) is 16.5. The molecule has 2 aromatic heterocycles. The zero-order valence-electron chi connectivity index (χ0n) is 17.9. The van der Waals surface area contributed by atoms with Crippen molar-refractivity contribution in [3.05, 3.63) is 33.4 Å². The number of allylic oxidation sites excluding steroid dienone is 1. The molecule has 0 saturated carbocycles. The highest BCUT2D eigenvalue weighted by Crippen LogP contribution is 2.35. The summed E-state index contributed by atoms with van der Waals surface area (Å²) in [5, 5.41) is 13.1. The Morgan fingerprint density at radius 2 is 2.13 bits per heavy atom. The SMILES string of the molecule is C=CCn1c(SC(C)C(=O)NC(C)(C#N)C(C)C)nc2sc3c(c2c1=O)CCCC3. The molecule has 0 aliphatic heterocycles. The van der Waals surface area contributed by atoms with Crippen LogP contribution in [0.2, 0.25) is 0 Å². The maximum atomic E-state index is 13.3. The van der Waals surface area contributed by atoms with Crippen LogP contribution in [0.25, 0.3) is 10.2 Å². The lowest BCUT2D eigenvalue weighted by atomic mass is 9.90. The van der Waals surface area contributed by atoms with Crippen LogP contribution in [0.1, 0.15) is 51.0 Å². The molecule has 1 amide bonds. The molecular formula is C22H28N4O2S2. The van der Waals surface area contributed by atoms with Gasteiger partial charge in [-0.2, -0.15) is 5.26 Å². The Balaban J connectivity index is 1.96. The third kappa shape index (κ3) is 4.19. The minimum absolute atomic E-state index is 0.0329. The topological polar surface area (TPSA) is 87.8 Å². The van der Waals surface area contributed by atoms with Crippen LogP contribution in [0.15, 0.2) is 22.6 Å². The maximum absolute atomic E-state index is 13.3. The standard InChI is InChI=1S/C22H28N4O2S2/c1-6-11-26-20(28)17-15-9-7-8-10-16(15)30-19(17)24-21(26)29-14(4)18(27)25-22(5,12-23)13(2)3/h6,13-14H,1,7-11H2,2-5H3,(H,25,27). The first-order valence-electron chi connectivity index (χ1n) is 10.3. The van der Waals surface area contributed by atoms with E-state index in [4.69, 9.17) is 4.98 Å². The highest BCUT2D eigenvalue weighted by atomic mass is 32.2. The monoisotopic (exact) mass is 444 g/mol. The second-order valence-electron chi connectivity index (χ2n) is 8.21. The average molecular weight is 445 g/mol. The lowest BCUT2D eigenvalue weighted by Gasteiger charge is -2.28. The Morgan fingerprint density at radius 1 is 1.43 bits per heavy atom. The van der Waals surface area contributed by atoms with Gasteiger partial charge in [-0.1, -0.05) is 31.7 Å². The molecule has 6 nitrogen and oxygen atoms in total. The molecule has 0 radical (unpaired) electrons. The van der Waals surface area contributed by atoms with E-state index < -0.39 is 10.8 Å². The molecule has 0 aromatic carbocycles. The van der Waals surface area contributed by atoms with E-state index in [0.717, 1.165) is 41.5 Å². The first-order chi connectivity index (χ1) is 14.2. The Labute approximate surface area is 185 Å². The van der Waals surface area contributed by atoms with Crippen LogP contribution in [0.5, 0.6) is 0 Å². The number of hydrogen-bond acceptors (Lipinski definition) is 6. The summed E-state index contributed by atoms with van der Waals surface area (Å²) in [5.41, 5.74) is 0.149. The van der Waals surface area contributed by atoms with Crippen LogP contribution in [0, 0.1) is 17.2 Å². The van der Waals surface area contributed by atoms with Crippen molar-refractivity contribution in [3.8, 4) is 6.07 Å². The predicted octanol–water partition coefficient (Wildman–Crippen LogP) is 4.06. The molecule has 2 heterocycles. The third-order valence-electron chi connectivity index (χ3n) is 5.77. The van der Waals surface area contributed by atoms with Gasteiger partial charge in [-0.3, -0.25) is 14.2 Å². The Bertz CT molecular complexity index is 1080. The lowest BCUT2D eigenvalue weighted by molar-refractivity contribution is -0.121. The molecule has 0 fully saturated rings. The highest BCUT2D eigenvalue weighted by molar-refractivity contribution is 8.00. The summed E-state index contributed by atoms with van der Waals surface area (Å²) in [6.45, 7) is 11.4. The van der Waals surface area contributed by atoms with Crippen LogP contribution in [-0.2, 0) is 24.2 Å². The summed E-state index contributed by atoms with van der Waals surface area (Å²) in [5.74, 6) is -0.280. The summed E-state index contributed by atoms with van der Waals surface area (Å²) in [4.78, 5) is 32.9. The first-order valence-corrected chi connectivity index (χ1v) is 12.0. The quantitative estimate of drug-likeness (QED) is 0.395. The Hall–Kier alpha value is -2.11. The summed E-state index contributed by atoms with van der Waals surface area (Å²) in [6, 6.07) is 2.20. The molecule has 1 aliphatic carbocycles. The number of fused-ring (bicyclic) bond motifs is 3. The lowest BCUT2D eigenvalue weighted by Crippen LogP contribution is -2.51. The number of aromatic nitrogens is 2. The molecule has 2 aromatic rings. The summed E-state index contributed by atoms with van der Waals surface area (Å²) >= 11 is 2.85. The van der Waals surface area contributed by atoms with E-state index >= 15 is 0 Å². The highest BCUT2D eigenvalue weighted by Gasteiger charge is 2.32. The van der Waals surface area contributed by atoms with Crippen LogP contribution in [0.3, 0.4) is 0 Å². The molecule has 0 bridgehead atoms. The van der Waals surface area contributed by atoms with Crippen molar-refractivity contribution < 1.29 is 4.79 Å². The van der Waals surface area contributed by atoms with Crippen molar-refractivity contribution in [2.45, 2.75) is 75.9 Å². The number of thioether (sulfide) groups is 1. The van der Waals surface area contributed by atoms with Gasteiger partial charge in [-0.25, -0.2) is 4.98 Å². The van der Waals surface area contributed by atoms with E-state index in [1.54, 1.807) is 35.8 Å². The molecule has 30 heavy (non-hydrogen) atoms. The molecule has 1 aliphatic rings. The van der Waals surface area contributed by atoms with Crippen molar-refractivity contribution in [1.29, 1.82) is 5.26 Å². The van der Waals surface area contributed by atoms with Crippen LogP contribution >= 0.6 is 23.1 Å². The Kier molecular flexibility index (Phi) is 6.73. The van der Waals surface area contributed by atoms with E-state index in [-0.39, 0.29) is 17.4 Å². The number of hydrogen-bond donors (Lipinski definition) is 1. The fourth-order valence-electron chi connectivity index (χ4n) is 3.47. The van der Waals surface area contributed by atoms with E-state index in [1.807, 2.05) is 13.8 Å². The van der Waals surface area contributed by atoms with Crippen molar-refractivity contribution in [1.82, 2.24) is 14.9 Å². The van der Waals surface area contributed by atoms with Gasteiger partial charge < -0.3 is 5.32 Å². The van der Waals surface area contributed by atoms with Gasteiger partial charge >= 0.3 is 0 Å². The number of rotatable bonds is 7. The van der Waals surface area contributed by atoms with E-state index in [0.29, 0.717) is 11.7 Å². The van der Waals surface area contributed by atoms with Gasteiger partial charge in [0.25, 0.3) is 5.56 Å². The minimum Gasteiger partial charge on any atom is -0.337 e.